The van der Waals surface area contributed by atoms with E-state index in [-0.39, 0.29) is 6.04 Å². The standard InChI is InChI=1S/C36H21N2OS/c1-5-17-32-21(9-1)26-19-31-25(20-33(26)39-32)23-11-7-15-29-35(23)38(31)28-14-4-3-13-27(28)37(29)30-16-8-12-24-22-10-2-6-18-34(22)40-36(24)30/h1-20,28H/q+1. The minimum Gasteiger partial charge on any atom is -0.456 e. The van der Waals surface area contributed by atoms with E-state index in [1.54, 1.807) is 0 Å². The number of para-hydroxylation sites is 2. The van der Waals surface area contributed by atoms with Gasteiger partial charge in [0.25, 0.3) is 0 Å². The first-order valence-corrected chi connectivity index (χ1v) is 14.5. The van der Waals surface area contributed by atoms with Crippen molar-refractivity contribution in [1.82, 2.24) is 9.14 Å². The van der Waals surface area contributed by atoms with E-state index < -0.39 is 0 Å². The Kier molecular flexibility index (Phi) is 3.87. The second-order valence-corrected chi connectivity index (χ2v) is 11.8. The lowest BCUT2D eigenvalue weighted by Crippen LogP contribution is -2.30. The normalized spacial score (nSPS) is 16.4. The molecule has 1 atom stereocenters. The summed E-state index contributed by atoms with van der Waals surface area (Å²) in [6.07, 6.45) is 8.97. The molecule has 3 nitrogen and oxygen atoms in total. The summed E-state index contributed by atoms with van der Waals surface area (Å²) in [5, 5.41) is 7.45. The lowest BCUT2D eigenvalue weighted by atomic mass is 10.0. The van der Waals surface area contributed by atoms with E-state index in [0.717, 1.165) is 21.9 Å². The van der Waals surface area contributed by atoms with Crippen LogP contribution in [-0.4, -0.2) is 10.3 Å². The molecule has 4 heteroatoms. The number of thiophene rings is 1. The monoisotopic (exact) mass is 529 g/mol. The highest BCUT2D eigenvalue weighted by Gasteiger charge is 2.38. The first-order chi connectivity index (χ1) is 19.8. The molecular weight excluding hydrogens is 508 g/mol. The fourth-order valence-electron chi connectivity index (χ4n) is 7.03. The number of allylic oxidation sites excluding steroid dienone is 4. The van der Waals surface area contributed by atoms with Crippen LogP contribution in [0, 0.1) is 0 Å². The fourth-order valence-corrected chi connectivity index (χ4v) is 8.24. The van der Waals surface area contributed by atoms with Crippen LogP contribution in [0.1, 0.15) is 6.04 Å². The number of furan rings is 1. The molecule has 0 amide bonds. The Hall–Kier alpha value is -4.93. The molecule has 0 bridgehead atoms. The average molecular weight is 530 g/mol. The van der Waals surface area contributed by atoms with Crippen molar-refractivity contribution in [3.63, 3.8) is 0 Å². The van der Waals surface area contributed by atoms with Crippen molar-refractivity contribution >= 4 is 92.3 Å². The summed E-state index contributed by atoms with van der Waals surface area (Å²) in [6, 6.07) is 35.2. The highest BCUT2D eigenvalue weighted by atomic mass is 32.1. The van der Waals surface area contributed by atoms with Crippen LogP contribution in [0.25, 0.3) is 63.9 Å². The van der Waals surface area contributed by atoms with Crippen LogP contribution in [0.15, 0.2) is 126 Å². The number of rotatable bonds is 1. The van der Waals surface area contributed by atoms with Crippen LogP contribution >= 0.6 is 11.3 Å². The summed E-state index contributed by atoms with van der Waals surface area (Å²) in [5.41, 5.74) is 8.09. The zero-order valence-electron chi connectivity index (χ0n) is 21.3. The maximum atomic E-state index is 6.32. The van der Waals surface area contributed by atoms with E-state index in [1.165, 1.54) is 59.1 Å². The molecule has 0 saturated heterocycles. The van der Waals surface area contributed by atoms with Crippen LogP contribution < -0.4 is 4.58 Å². The molecule has 4 heterocycles. The molecule has 2 aliphatic rings. The fraction of sp³-hybridized carbons (Fsp3) is 0.0278. The largest absolute Gasteiger partial charge is 0.456 e. The van der Waals surface area contributed by atoms with Crippen molar-refractivity contribution in [3.8, 4) is 0 Å². The Morgan fingerprint density at radius 1 is 0.650 bits per heavy atom. The van der Waals surface area contributed by atoms with Gasteiger partial charge in [0.1, 0.15) is 27.4 Å². The van der Waals surface area contributed by atoms with Gasteiger partial charge in [-0.2, -0.15) is 4.58 Å². The molecular formula is C36H21N2OS+. The third-order valence-electron chi connectivity index (χ3n) is 8.68. The molecule has 1 aliphatic heterocycles. The Morgan fingerprint density at radius 2 is 1.45 bits per heavy atom. The molecule has 0 fully saturated rings. The SMILES string of the molecule is C1=CC2=[N+](c3cccc4c3sc3ccccc34)c3cccc4c5cc6oc7ccccc7c6cc5n(c34)C2C=C1. The van der Waals surface area contributed by atoms with E-state index in [0.29, 0.717) is 0 Å². The molecule has 40 heavy (non-hydrogen) atoms. The van der Waals surface area contributed by atoms with E-state index in [9.17, 15) is 0 Å². The Balaban J connectivity index is 1.35. The topological polar surface area (TPSA) is 21.1 Å². The van der Waals surface area contributed by atoms with Gasteiger partial charge in [-0.3, -0.25) is 0 Å². The Bertz CT molecular complexity index is 2500. The van der Waals surface area contributed by atoms with Crippen molar-refractivity contribution in [3.05, 3.63) is 121 Å². The van der Waals surface area contributed by atoms with Gasteiger partial charge < -0.3 is 8.98 Å². The third kappa shape index (κ3) is 2.52. The maximum Gasteiger partial charge on any atom is 0.236 e. The second-order valence-electron chi connectivity index (χ2n) is 10.7. The Morgan fingerprint density at radius 3 is 2.40 bits per heavy atom. The summed E-state index contributed by atoms with van der Waals surface area (Å²) >= 11 is 1.88. The van der Waals surface area contributed by atoms with Crippen LogP contribution in [0.5, 0.6) is 0 Å². The summed E-state index contributed by atoms with van der Waals surface area (Å²) in [4.78, 5) is 0. The zero-order chi connectivity index (χ0) is 25.9. The van der Waals surface area contributed by atoms with E-state index in [1.807, 2.05) is 17.4 Å². The Labute approximate surface area is 232 Å². The quantitative estimate of drug-likeness (QED) is 0.194. The highest BCUT2D eigenvalue weighted by molar-refractivity contribution is 7.26. The average Bonchev–Trinajstić information content (AvgIpc) is 3.67. The van der Waals surface area contributed by atoms with E-state index in [4.69, 9.17) is 4.42 Å². The van der Waals surface area contributed by atoms with Gasteiger partial charge in [-0.15, -0.1) is 11.3 Å². The molecule has 1 unspecified atom stereocenters. The second kappa shape index (κ2) is 7.38. The minimum atomic E-state index is 0.0835. The molecule has 0 N–H and O–H groups in total. The lowest BCUT2D eigenvalue weighted by Gasteiger charge is -2.24. The van der Waals surface area contributed by atoms with E-state index in [2.05, 4.69) is 124 Å². The smallest absolute Gasteiger partial charge is 0.236 e. The van der Waals surface area contributed by atoms with Crippen molar-refractivity contribution in [2.75, 3.05) is 0 Å². The van der Waals surface area contributed by atoms with Crippen LogP contribution in [0.2, 0.25) is 0 Å². The number of nitrogens with zero attached hydrogens (tertiary/aromatic N) is 2. The molecule has 10 rings (SSSR count). The van der Waals surface area contributed by atoms with Crippen molar-refractivity contribution < 1.29 is 4.42 Å². The number of hydrogen-bond donors (Lipinski definition) is 0. The maximum absolute atomic E-state index is 6.32. The van der Waals surface area contributed by atoms with Crippen LogP contribution in [0.3, 0.4) is 0 Å². The van der Waals surface area contributed by atoms with Crippen LogP contribution in [-0.2, 0) is 0 Å². The van der Waals surface area contributed by atoms with Gasteiger partial charge in [0, 0.05) is 55.2 Å². The molecule has 0 saturated carbocycles. The molecule has 0 radical (unpaired) electrons. The number of fused-ring (bicyclic) bond motifs is 11. The van der Waals surface area contributed by atoms with Gasteiger partial charge in [0.05, 0.1) is 5.52 Å². The zero-order valence-corrected chi connectivity index (χ0v) is 22.2. The number of hydrogen-bond acceptors (Lipinski definition) is 2. The number of aromatic nitrogens is 1. The van der Waals surface area contributed by atoms with Gasteiger partial charge in [-0.25, -0.2) is 0 Å². The van der Waals surface area contributed by atoms with Gasteiger partial charge in [-0.05, 0) is 24.3 Å². The lowest BCUT2D eigenvalue weighted by molar-refractivity contribution is 0.669. The first-order valence-electron chi connectivity index (χ1n) is 13.7. The molecule has 0 spiro atoms. The first kappa shape index (κ1) is 21.0. The predicted octanol–water partition coefficient (Wildman–Crippen LogP) is 10.0. The minimum absolute atomic E-state index is 0.0835. The van der Waals surface area contributed by atoms with Crippen LogP contribution in [0.4, 0.5) is 11.4 Å². The molecule has 1 aliphatic carbocycles. The predicted molar refractivity (Wildman–Crippen MR) is 170 cm³/mol. The highest BCUT2D eigenvalue weighted by Crippen LogP contribution is 2.47. The van der Waals surface area contributed by atoms with Crippen molar-refractivity contribution in [2.24, 2.45) is 0 Å². The summed E-state index contributed by atoms with van der Waals surface area (Å²) in [6.45, 7) is 0. The molecule has 8 aromatic rings. The summed E-state index contributed by atoms with van der Waals surface area (Å²) < 4.78 is 14.0. The third-order valence-corrected chi connectivity index (χ3v) is 9.89. The molecule has 186 valence electrons. The summed E-state index contributed by atoms with van der Waals surface area (Å²) in [5.74, 6) is 0. The van der Waals surface area contributed by atoms with Crippen molar-refractivity contribution in [2.45, 2.75) is 6.04 Å². The molecule has 5 aromatic carbocycles. The summed E-state index contributed by atoms with van der Waals surface area (Å²) in [7, 11) is 0. The van der Waals surface area contributed by atoms with E-state index >= 15 is 0 Å². The van der Waals surface area contributed by atoms with Crippen molar-refractivity contribution in [1.29, 1.82) is 0 Å². The van der Waals surface area contributed by atoms with Gasteiger partial charge in [0.15, 0.2) is 0 Å². The van der Waals surface area contributed by atoms with Gasteiger partial charge >= 0.3 is 0 Å². The molecule has 3 aromatic heterocycles. The van der Waals surface area contributed by atoms with Gasteiger partial charge in [0.2, 0.25) is 17.1 Å². The number of benzene rings is 5. The van der Waals surface area contributed by atoms with Gasteiger partial charge in [-0.1, -0.05) is 78.9 Å².